The number of carbonyl (C=O) groups is 1. The maximum atomic E-state index is 9.91. The summed E-state index contributed by atoms with van der Waals surface area (Å²) in [6.07, 6.45) is 7.37. The fourth-order valence-corrected chi connectivity index (χ4v) is 0.582. The van der Waals surface area contributed by atoms with Crippen LogP contribution in [0, 0.1) is 0 Å². The van der Waals surface area contributed by atoms with Gasteiger partial charge in [0.15, 0.2) is 0 Å². The highest BCUT2D eigenvalue weighted by Crippen LogP contribution is 1.91. The van der Waals surface area contributed by atoms with E-state index in [0.717, 1.165) is 0 Å². The first-order chi connectivity index (χ1) is 6.80. The van der Waals surface area contributed by atoms with Crippen LogP contribution in [-0.2, 0) is 0 Å². The van der Waals surface area contributed by atoms with Gasteiger partial charge in [-0.05, 0) is 6.07 Å². The zero-order valence-corrected chi connectivity index (χ0v) is 7.07. The zero-order chi connectivity index (χ0) is 10.2. The van der Waals surface area contributed by atoms with Gasteiger partial charge in [-0.1, -0.05) is 0 Å². The number of oxazole rings is 1. The molecule has 0 atom stereocenters. The number of rotatable bonds is 1. The van der Waals surface area contributed by atoms with Crippen molar-refractivity contribution in [3.05, 3.63) is 43.1 Å². The van der Waals surface area contributed by atoms with Crippen LogP contribution in [0.1, 0.15) is 10.7 Å². The van der Waals surface area contributed by atoms with Gasteiger partial charge in [-0.25, -0.2) is 19.7 Å². The van der Waals surface area contributed by atoms with Gasteiger partial charge in [0.05, 0.1) is 6.20 Å². The van der Waals surface area contributed by atoms with E-state index in [0.29, 0.717) is 0 Å². The third kappa shape index (κ3) is 3.44. The molecule has 0 saturated carbocycles. The molecule has 2 aromatic heterocycles. The second-order valence-electron chi connectivity index (χ2n) is 2.05. The molecule has 0 aliphatic rings. The van der Waals surface area contributed by atoms with Gasteiger partial charge in [0.2, 0.25) is 0 Å². The van der Waals surface area contributed by atoms with Crippen molar-refractivity contribution in [2.24, 2.45) is 0 Å². The molecule has 6 heteroatoms. The summed E-state index contributed by atoms with van der Waals surface area (Å²) in [6, 6.07) is 1.78. The predicted octanol–water partition coefficient (Wildman–Crippen LogP) is 0.849. The highest BCUT2D eigenvalue weighted by atomic mass is 16.4. The number of carboxylic acid groups (broad SMARTS) is 1. The van der Waals surface area contributed by atoms with E-state index in [2.05, 4.69) is 19.4 Å². The monoisotopic (exact) mass is 193 g/mol. The van der Waals surface area contributed by atoms with Crippen molar-refractivity contribution in [2.75, 3.05) is 0 Å². The average Bonchev–Trinajstić information content (AvgIpc) is 2.74. The molecule has 0 radical (unpaired) electrons. The summed E-state index contributed by atoms with van der Waals surface area (Å²) in [5.74, 6) is -1.42. The van der Waals surface area contributed by atoms with E-state index in [1.165, 1.54) is 18.8 Å². The van der Waals surface area contributed by atoms with Gasteiger partial charge in [0.1, 0.15) is 12.6 Å². The summed E-state index contributed by atoms with van der Waals surface area (Å²) < 4.78 is 4.38. The summed E-state index contributed by atoms with van der Waals surface area (Å²) in [5, 5.41) is 8.12. The lowest BCUT2D eigenvalue weighted by Gasteiger charge is -1.77. The van der Waals surface area contributed by atoms with Crippen LogP contribution in [0.2, 0.25) is 0 Å². The van der Waals surface area contributed by atoms with E-state index in [-0.39, 0.29) is 5.89 Å². The van der Waals surface area contributed by atoms with Crippen molar-refractivity contribution >= 4 is 5.97 Å². The van der Waals surface area contributed by atoms with Gasteiger partial charge >= 0.3 is 11.9 Å². The minimum Gasteiger partial charge on any atom is -0.474 e. The Morgan fingerprint density at radius 3 is 2.21 bits per heavy atom. The zero-order valence-electron chi connectivity index (χ0n) is 7.07. The SMILES string of the molecule is O=C(O)c1ncco1.c1cncnc1. The molecular formula is C8H7N3O3. The largest absolute Gasteiger partial charge is 0.474 e. The lowest BCUT2D eigenvalue weighted by atomic mass is 10.7. The topological polar surface area (TPSA) is 89.1 Å². The Hall–Kier alpha value is -2.24. The van der Waals surface area contributed by atoms with E-state index in [1.54, 1.807) is 18.5 Å². The summed E-state index contributed by atoms with van der Waals surface area (Å²) in [4.78, 5) is 20.6. The molecule has 0 spiro atoms. The molecule has 0 bridgehead atoms. The van der Waals surface area contributed by atoms with Gasteiger partial charge in [0.25, 0.3) is 0 Å². The maximum absolute atomic E-state index is 9.91. The van der Waals surface area contributed by atoms with E-state index in [9.17, 15) is 4.79 Å². The second-order valence-corrected chi connectivity index (χ2v) is 2.05. The third-order valence-electron chi connectivity index (χ3n) is 1.09. The van der Waals surface area contributed by atoms with Crippen LogP contribution in [0.5, 0.6) is 0 Å². The Kier molecular flexibility index (Phi) is 3.81. The first-order valence-electron chi connectivity index (χ1n) is 3.63. The number of aromatic carboxylic acids is 1. The predicted molar refractivity (Wildman–Crippen MR) is 45.5 cm³/mol. The number of carboxylic acids is 1. The summed E-state index contributed by atoms with van der Waals surface area (Å²) in [7, 11) is 0. The van der Waals surface area contributed by atoms with Crippen LogP contribution in [0.25, 0.3) is 0 Å². The minimum atomic E-state index is -1.14. The van der Waals surface area contributed by atoms with Crippen LogP contribution in [0.4, 0.5) is 0 Å². The van der Waals surface area contributed by atoms with Gasteiger partial charge in [-0.2, -0.15) is 0 Å². The molecule has 0 aliphatic carbocycles. The Morgan fingerprint density at radius 2 is 2.00 bits per heavy atom. The van der Waals surface area contributed by atoms with Crippen LogP contribution >= 0.6 is 0 Å². The fraction of sp³-hybridized carbons (Fsp3) is 0. The van der Waals surface area contributed by atoms with Crippen LogP contribution in [0.15, 0.2) is 41.7 Å². The Bertz CT molecular complexity index is 334. The Labute approximate surface area is 79.3 Å². The molecular weight excluding hydrogens is 186 g/mol. The molecule has 72 valence electrons. The number of hydrogen-bond acceptors (Lipinski definition) is 5. The highest BCUT2D eigenvalue weighted by Gasteiger charge is 2.04. The van der Waals surface area contributed by atoms with E-state index in [1.807, 2.05) is 0 Å². The van der Waals surface area contributed by atoms with Gasteiger partial charge in [0, 0.05) is 12.4 Å². The standard InChI is InChI=1S/C4H4N2.C4H3NO3/c1-2-5-4-6-3-1;6-4(7)3-5-1-2-8-3/h1-4H;1-2H,(H,6,7). The van der Waals surface area contributed by atoms with Crippen molar-refractivity contribution in [1.29, 1.82) is 0 Å². The lowest BCUT2D eigenvalue weighted by molar-refractivity contribution is 0.0653. The minimum absolute atomic E-state index is 0.273. The third-order valence-corrected chi connectivity index (χ3v) is 1.09. The summed E-state index contributed by atoms with van der Waals surface area (Å²) >= 11 is 0. The van der Waals surface area contributed by atoms with Crippen molar-refractivity contribution in [3.8, 4) is 0 Å². The van der Waals surface area contributed by atoms with E-state index < -0.39 is 5.97 Å². The molecule has 14 heavy (non-hydrogen) atoms. The van der Waals surface area contributed by atoms with Gasteiger partial charge in [-0.3, -0.25) is 0 Å². The maximum Gasteiger partial charge on any atom is 0.392 e. The molecule has 2 heterocycles. The lowest BCUT2D eigenvalue weighted by Crippen LogP contribution is -1.94. The Balaban J connectivity index is 0.000000146. The van der Waals surface area contributed by atoms with E-state index in [4.69, 9.17) is 5.11 Å². The van der Waals surface area contributed by atoms with Gasteiger partial charge in [-0.15, -0.1) is 0 Å². The molecule has 6 nitrogen and oxygen atoms in total. The molecule has 0 fully saturated rings. The van der Waals surface area contributed by atoms with Crippen molar-refractivity contribution < 1.29 is 14.3 Å². The van der Waals surface area contributed by atoms with Crippen LogP contribution in [-0.4, -0.2) is 26.0 Å². The summed E-state index contributed by atoms with van der Waals surface area (Å²) in [6.45, 7) is 0. The van der Waals surface area contributed by atoms with E-state index >= 15 is 0 Å². The smallest absolute Gasteiger partial charge is 0.392 e. The molecule has 2 rings (SSSR count). The number of aromatic nitrogens is 3. The summed E-state index contributed by atoms with van der Waals surface area (Å²) in [5.41, 5.74) is 0. The molecule has 1 N–H and O–H groups in total. The van der Waals surface area contributed by atoms with Gasteiger partial charge < -0.3 is 9.52 Å². The molecule has 0 amide bonds. The Morgan fingerprint density at radius 1 is 1.29 bits per heavy atom. The van der Waals surface area contributed by atoms with Crippen LogP contribution < -0.4 is 0 Å². The molecule has 0 aromatic carbocycles. The normalized spacial score (nSPS) is 8.57. The average molecular weight is 193 g/mol. The molecule has 0 unspecified atom stereocenters. The number of hydrogen-bond donors (Lipinski definition) is 1. The first kappa shape index (κ1) is 9.85. The van der Waals surface area contributed by atoms with Crippen molar-refractivity contribution in [3.63, 3.8) is 0 Å². The fourth-order valence-electron chi connectivity index (χ4n) is 0.582. The molecule has 2 aromatic rings. The van der Waals surface area contributed by atoms with Crippen molar-refractivity contribution in [2.45, 2.75) is 0 Å². The first-order valence-corrected chi connectivity index (χ1v) is 3.63. The molecule has 0 aliphatic heterocycles. The second kappa shape index (κ2) is 5.41. The molecule has 0 saturated heterocycles. The number of nitrogens with zero attached hydrogens (tertiary/aromatic N) is 3. The quantitative estimate of drug-likeness (QED) is 0.722. The highest BCUT2D eigenvalue weighted by molar-refractivity contribution is 5.81. The van der Waals surface area contributed by atoms with Crippen LogP contribution in [0.3, 0.4) is 0 Å². The van der Waals surface area contributed by atoms with Crippen molar-refractivity contribution in [1.82, 2.24) is 15.0 Å².